The van der Waals surface area contributed by atoms with Crippen molar-refractivity contribution in [2.24, 2.45) is 21.8 Å². The number of nitrogens with zero attached hydrogens (tertiary/aromatic N) is 4. The number of carbonyl (C=O) groups is 1. The fourth-order valence-electron chi connectivity index (χ4n) is 4.50. The Morgan fingerprint density at radius 2 is 1.56 bits per heavy atom. The Bertz CT molecular complexity index is 1280. The lowest BCUT2D eigenvalue weighted by Gasteiger charge is -2.35. The van der Waals surface area contributed by atoms with Gasteiger partial charge in [-0.25, -0.2) is 0 Å². The van der Waals surface area contributed by atoms with Crippen molar-refractivity contribution in [3.63, 3.8) is 0 Å². The van der Waals surface area contributed by atoms with Gasteiger partial charge in [0.25, 0.3) is 0 Å². The van der Waals surface area contributed by atoms with Crippen LogP contribution in [0.3, 0.4) is 0 Å². The molecule has 0 atom stereocenters. The van der Waals surface area contributed by atoms with Gasteiger partial charge in [0, 0.05) is 26.9 Å². The minimum atomic E-state index is -0.0690. The molecule has 0 spiro atoms. The number of hydrogen-bond acceptors (Lipinski definition) is 7. The maximum atomic E-state index is 12.3. The highest BCUT2D eigenvalue weighted by molar-refractivity contribution is 8.17. The summed E-state index contributed by atoms with van der Waals surface area (Å²) in [6.45, 7) is 8.54. The third-order valence-electron chi connectivity index (χ3n) is 6.41. The number of hydrogen-bond donors (Lipinski definition) is 2. The molecule has 1 aliphatic rings. The van der Waals surface area contributed by atoms with Crippen LogP contribution >= 0.6 is 23.1 Å². The van der Waals surface area contributed by atoms with Crippen LogP contribution in [0.25, 0.3) is 0 Å². The summed E-state index contributed by atoms with van der Waals surface area (Å²) in [7, 11) is 3.59. The number of amides is 1. The maximum absolute atomic E-state index is 12.3. The number of benzene rings is 2. The number of aromatic nitrogens is 2. The number of nitrogens with one attached hydrogen (secondary N) is 2. The van der Waals surface area contributed by atoms with E-state index in [-0.39, 0.29) is 5.91 Å². The van der Waals surface area contributed by atoms with E-state index in [1.807, 2.05) is 48.5 Å². The molecule has 7 nitrogen and oxygen atoms in total. The zero-order valence-electron chi connectivity index (χ0n) is 24.6. The van der Waals surface area contributed by atoms with Crippen LogP contribution in [-0.2, 0) is 24.1 Å². The maximum Gasteiger partial charge on any atom is 0.230 e. The first kappa shape index (κ1) is 32.2. The van der Waals surface area contributed by atoms with E-state index < -0.39 is 0 Å². The monoisotopic (exact) mass is 590 g/mol. The Morgan fingerprint density at radius 1 is 0.951 bits per heavy atom. The van der Waals surface area contributed by atoms with Gasteiger partial charge in [-0.1, -0.05) is 111 Å². The molecule has 0 radical (unpaired) electrons. The summed E-state index contributed by atoms with van der Waals surface area (Å²) in [5.41, 5.74) is 2.19. The molecule has 1 fully saturated rings. The van der Waals surface area contributed by atoms with Gasteiger partial charge in [0.15, 0.2) is 5.17 Å². The van der Waals surface area contributed by atoms with E-state index in [9.17, 15) is 4.79 Å². The highest BCUT2D eigenvalue weighted by atomic mass is 32.2. The summed E-state index contributed by atoms with van der Waals surface area (Å²) in [4.78, 5) is 22.2. The van der Waals surface area contributed by atoms with Gasteiger partial charge >= 0.3 is 0 Å². The van der Waals surface area contributed by atoms with Crippen molar-refractivity contribution < 1.29 is 4.79 Å². The first-order valence-electron chi connectivity index (χ1n) is 14.2. The van der Waals surface area contributed by atoms with Crippen LogP contribution in [0.1, 0.15) is 55.7 Å². The molecule has 218 valence electrons. The van der Waals surface area contributed by atoms with E-state index in [0.717, 1.165) is 58.6 Å². The molecule has 4 rings (SSSR count). The Labute approximate surface area is 253 Å². The van der Waals surface area contributed by atoms with Gasteiger partial charge in [0.2, 0.25) is 11.0 Å². The van der Waals surface area contributed by atoms with Crippen molar-refractivity contribution in [1.82, 2.24) is 15.5 Å². The van der Waals surface area contributed by atoms with Gasteiger partial charge in [0.05, 0.1) is 6.42 Å². The molecule has 0 saturated heterocycles. The molecular weight excluding hydrogens is 549 g/mol. The van der Waals surface area contributed by atoms with Crippen LogP contribution in [0.5, 0.6) is 0 Å². The molecule has 1 amide bonds. The second-order valence-corrected chi connectivity index (χ2v) is 12.4. The molecule has 0 bridgehead atoms. The van der Waals surface area contributed by atoms with Gasteiger partial charge in [-0.15, -0.1) is 10.2 Å². The van der Waals surface area contributed by atoms with Crippen LogP contribution in [0, 0.1) is 11.8 Å². The molecular formula is C32H42N6OS2. The lowest BCUT2D eigenvalue weighted by Crippen LogP contribution is -2.30. The van der Waals surface area contributed by atoms with Crippen LogP contribution < -0.4 is 10.6 Å². The van der Waals surface area contributed by atoms with E-state index in [0.29, 0.717) is 23.4 Å². The molecule has 1 heterocycles. The first-order valence-corrected chi connectivity index (χ1v) is 15.8. The summed E-state index contributed by atoms with van der Waals surface area (Å²) < 4.78 is 0. The smallest absolute Gasteiger partial charge is 0.230 e. The van der Waals surface area contributed by atoms with Crippen LogP contribution in [0.15, 0.2) is 82.1 Å². The predicted molar refractivity (Wildman–Crippen MR) is 176 cm³/mol. The third kappa shape index (κ3) is 11.6. The fraction of sp³-hybridized carbons (Fsp3) is 0.406. The van der Waals surface area contributed by atoms with E-state index in [4.69, 9.17) is 0 Å². The molecule has 9 heteroatoms. The average molecular weight is 591 g/mol. The molecule has 0 aliphatic heterocycles. The van der Waals surface area contributed by atoms with E-state index in [1.54, 1.807) is 25.9 Å². The third-order valence-corrected chi connectivity index (χ3v) is 8.21. The van der Waals surface area contributed by atoms with Gasteiger partial charge in [-0.3, -0.25) is 14.8 Å². The predicted octanol–water partition coefficient (Wildman–Crippen LogP) is 7.19. The SMILES string of the molecule is C=C(CC1CC(Cc2nnc(NC(=O)Cc3ccccc3)s2)C1)SC(=NC)NC(Cc1ccccc1)=NC.CCC. The number of thioether (sulfide) groups is 1. The second-order valence-electron chi connectivity index (χ2n) is 10.2. The Morgan fingerprint density at radius 3 is 2.15 bits per heavy atom. The van der Waals surface area contributed by atoms with Crippen molar-refractivity contribution in [1.29, 1.82) is 0 Å². The van der Waals surface area contributed by atoms with Crippen LogP contribution in [0.4, 0.5) is 5.13 Å². The Kier molecular flexibility index (Phi) is 13.8. The zero-order valence-corrected chi connectivity index (χ0v) is 26.2. The molecule has 2 N–H and O–H groups in total. The number of carbonyl (C=O) groups excluding carboxylic acids is 1. The van der Waals surface area contributed by atoms with Gasteiger partial charge < -0.3 is 10.6 Å². The minimum absolute atomic E-state index is 0.0690. The van der Waals surface area contributed by atoms with Gasteiger partial charge in [-0.2, -0.15) is 0 Å². The molecule has 2 aromatic carbocycles. The minimum Gasteiger partial charge on any atom is -0.323 e. The van der Waals surface area contributed by atoms with Crippen molar-refractivity contribution >= 4 is 45.1 Å². The van der Waals surface area contributed by atoms with Gasteiger partial charge in [0.1, 0.15) is 10.8 Å². The Balaban J connectivity index is 0.00000147. The Hall–Kier alpha value is -3.30. The molecule has 0 unspecified atom stereocenters. The van der Waals surface area contributed by atoms with Crippen molar-refractivity contribution in [3.05, 3.63) is 88.3 Å². The largest absolute Gasteiger partial charge is 0.323 e. The highest BCUT2D eigenvalue weighted by Gasteiger charge is 2.30. The molecule has 1 aliphatic carbocycles. The lowest BCUT2D eigenvalue weighted by atomic mass is 9.72. The number of allylic oxidation sites excluding steroid dienone is 1. The normalized spacial score (nSPS) is 16.7. The van der Waals surface area contributed by atoms with Crippen molar-refractivity contribution in [3.8, 4) is 0 Å². The summed E-state index contributed by atoms with van der Waals surface area (Å²) in [6.07, 6.45) is 6.49. The molecule has 3 aromatic rings. The zero-order chi connectivity index (χ0) is 29.5. The number of aliphatic imine (C=N–C) groups is 2. The summed E-state index contributed by atoms with van der Waals surface area (Å²) >= 11 is 3.07. The molecule has 1 aromatic heterocycles. The summed E-state index contributed by atoms with van der Waals surface area (Å²) in [6, 6.07) is 20.0. The van der Waals surface area contributed by atoms with Crippen LogP contribution in [-0.4, -0.2) is 41.2 Å². The number of anilines is 1. The fourth-order valence-corrected chi connectivity index (χ4v) is 6.23. The number of rotatable bonds is 10. The highest BCUT2D eigenvalue weighted by Crippen LogP contribution is 2.41. The van der Waals surface area contributed by atoms with Crippen LogP contribution in [0.2, 0.25) is 0 Å². The average Bonchev–Trinajstić information content (AvgIpc) is 3.39. The van der Waals surface area contributed by atoms with Crippen molar-refractivity contribution in [2.45, 2.75) is 58.8 Å². The van der Waals surface area contributed by atoms with E-state index in [2.05, 4.69) is 63.4 Å². The second kappa shape index (κ2) is 17.5. The summed E-state index contributed by atoms with van der Waals surface area (Å²) in [5.74, 6) is 2.04. The first-order chi connectivity index (χ1) is 19.9. The quantitative estimate of drug-likeness (QED) is 0.193. The van der Waals surface area contributed by atoms with E-state index in [1.165, 1.54) is 23.3 Å². The standard InChI is InChI=1S/C29H34N6OS2.C3H8/c1-20(37-28(31-3)32-25(30-2)17-21-10-6-4-7-11-21)14-23-15-24(16-23)19-27-34-35-29(38-27)33-26(36)18-22-12-8-5-9-13-22;1-3-2/h4-13,23-24H,1,14-19H2,2-3H3,(H,30,31,32)(H,33,35,36);3H2,1-2H3. The van der Waals surface area contributed by atoms with Crippen molar-refractivity contribution in [2.75, 3.05) is 19.4 Å². The molecule has 1 saturated carbocycles. The number of amidine groups is 2. The summed E-state index contributed by atoms with van der Waals surface area (Å²) in [5, 5.41) is 17.1. The topological polar surface area (TPSA) is 91.6 Å². The molecule has 41 heavy (non-hydrogen) atoms. The van der Waals surface area contributed by atoms with E-state index >= 15 is 0 Å². The van der Waals surface area contributed by atoms with Gasteiger partial charge in [-0.05, 0) is 47.1 Å². The lowest BCUT2D eigenvalue weighted by molar-refractivity contribution is -0.115.